The summed E-state index contributed by atoms with van der Waals surface area (Å²) in [4.78, 5) is 24.5. The van der Waals surface area contributed by atoms with Crippen molar-refractivity contribution in [3.05, 3.63) is 30.0 Å². The van der Waals surface area contributed by atoms with E-state index in [0.29, 0.717) is 17.8 Å². The van der Waals surface area contributed by atoms with Crippen molar-refractivity contribution in [2.24, 2.45) is 5.92 Å². The molecule has 112 valence electrons. The molecule has 0 radical (unpaired) electrons. The van der Waals surface area contributed by atoms with E-state index in [1.54, 1.807) is 6.07 Å². The lowest BCUT2D eigenvalue weighted by molar-refractivity contribution is -0.144. The largest absolute Gasteiger partial charge is 0.480 e. The summed E-state index contributed by atoms with van der Waals surface area (Å²) in [5, 5.41) is 13.6. The Morgan fingerprint density at radius 2 is 2.05 bits per heavy atom. The van der Waals surface area contributed by atoms with Crippen LogP contribution in [0.1, 0.15) is 19.5 Å². The Labute approximate surface area is 122 Å². The first-order chi connectivity index (χ1) is 9.97. The standard InChI is InChI=1S/C15H18N2O4/c1-10(2)8-17(9-15(19)20)14(18)7-12-11-5-3-4-6-13(11)21-16-12/h3-6,10H,7-9H2,1-2H3,(H,19,20). The summed E-state index contributed by atoms with van der Waals surface area (Å²) in [6.45, 7) is 3.98. The maximum Gasteiger partial charge on any atom is 0.323 e. The van der Waals surface area contributed by atoms with Gasteiger partial charge in [-0.15, -0.1) is 0 Å². The number of fused-ring (bicyclic) bond motifs is 1. The van der Waals surface area contributed by atoms with Crippen LogP contribution in [0, 0.1) is 5.92 Å². The third kappa shape index (κ3) is 3.81. The second-order valence-electron chi connectivity index (χ2n) is 5.36. The van der Waals surface area contributed by atoms with Crippen molar-refractivity contribution in [3.63, 3.8) is 0 Å². The summed E-state index contributed by atoms with van der Waals surface area (Å²) in [6, 6.07) is 7.28. The fourth-order valence-corrected chi connectivity index (χ4v) is 2.18. The summed E-state index contributed by atoms with van der Waals surface area (Å²) in [5.41, 5.74) is 1.16. The molecular weight excluding hydrogens is 272 g/mol. The second kappa shape index (κ2) is 6.39. The molecule has 0 atom stereocenters. The smallest absolute Gasteiger partial charge is 0.323 e. The van der Waals surface area contributed by atoms with Crippen LogP contribution in [-0.2, 0) is 16.0 Å². The van der Waals surface area contributed by atoms with Gasteiger partial charge in [0, 0.05) is 11.9 Å². The number of rotatable bonds is 6. The van der Waals surface area contributed by atoms with Gasteiger partial charge in [-0.25, -0.2) is 0 Å². The van der Waals surface area contributed by atoms with E-state index in [4.69, 9.17) is 9.63 Å². The monoisotopic (exact) mass is 290 g/mol. The molecule has 21 heavy (non-hydrogen) atoms. The average Bonchev–Trinajstić information content (AvgIpc) is 2.80. The minimum atomic E-state index is -1.02. The predicted molar refractivity (Wildman–Crippen MR) is 76.8 cm³/mol. The molecule has 2 rings (SSSR count). The molecule has 1 amide bonds. The van der Waals surface area contributed by atoms with Gasteiger partial charge in [-0.3, -0.25) is 9.59 Å². The number of benzene rings is 1. The molecule has 0 aliphatic rings. The highest BCUT2D eigenvalue weighted by molar-refractivity contribution is 5.87. The zero-order valence-electron chi connectivity index (χ0n) is 12.1. The molecule has 1 heterocycles. The van der Waals surface area contributed by atoms with E-state index in [0.717, 1.165) is 5.39 Å². The molecule has 0 aliphatic carbocycles. The third-order valence-electron chi connectivity index (χ3n) is 3.04. The Kier molecular flexibility index (Phi) is 4.57. The lowest BCUT2D eigenvalue weighted by atomic mass is 10.1. The lowest BCUT2D eigenvalue weighted by Gasteiger charge is -2.22. The van der Waals surface area contributed by atoms with E-state index in [1.165, 1.54) is 4.90 Å². The zero-order valence-corrected chi connectivity index (χ0v) is 12.1. The summed E-state index contributed by atoms with van der Waals surface area (Å²) >= 11 is 0. The molecule has 2 aromatic rings. The molecule has 6 heteroatoms. The van der Waals surface area contributed by atoms with Gasteiger partial charge in [-0.2, -0.15) is 0 Å². The van der Waals surface area contributed by atoms with Crippen LogP contribution in [-0.4, -0.2) is 40.1 Å². The third-order valence-corrected chi connectivity index (χ3v) is 3.04. The van der Waals surface area contributed by atoms with E-state index in [-0.39, 0.29) is 24.8 Å². The van der Waals surface area contributed by atoms with Gasteiger partial charge in [0.1, 0.15) is 12.2 Å². The summed E-state index contributed by atoms with van der Waals surface area (Å²) in [6.07, 6.45) is 0.0387. The number of aromatic nitrogens is 1. The van der Waals surface area contributed by atoms with E-state index in [9.17, 15) is 9.59 Å². The molecular formula is C15H18N2O4. The first kappa shape index (κ1) is 15.0. The number of hydrogen-bond acceptors (Lipinski definition) is 4. The molecule has 1 N–H and O–H groups in total. The highest BCUT2D eigenvalue weighted by atomic mass is 16.5. The number of carbonyl (C=O) groups is 2. The molecule has 0 spiro atoms. The van der Waals surface area contributed by atoms with Crippen molar-refractivity contribution >= 4 is 22.8 Å². The fraction of sp³-hybridized carbons (Fsp3) is 0.400. The van der Waals surface area contributed by atoms with Gasteiger partial charge in [0.2, 0.25) is 5.91 Å². The Morgan fingerprint density at radius 1 is 1.33 bits per heavy atom. The van der Waals surface area contributed by atoms with Crippen LogP contribution < -0.4 is 0 Å². The fourth-order valence-electron chi connectivity index (χ4n) is 2.18. The number of nitrogens with zero attached hydrogens (tertiary/aromatic N) is 2. The van der Waals surface area contributed by atoms with Crippen LogP contribution in [0.15, 0.2) is 28.8 Å². The average molecular weight is 290 g/mol. The van der Waals surface area contributed by atoms with Crippen LogP contribution in [0.4, 0.5) is 0 Å². The van der Waals surface area contributed by atoms with Crippen molar-refractivity contribution in [2.75, 3.05) is 13.1 Å². The molecule has 0 saturated carbocycles. The normalized spacial score (nSPS) is 11.0. The highest BCUT2D eigenvalue weighted by Gasteiger charge is 2.20. The molecule has 1 aromatic carbocycles. The number of carboxylic acid groups (broad SMARTS) is 1. The quantitative estimate of drug-likeness (QED) is 0.879. The number of hydrogen-bond donors (Lipinski definition) is 1. The Bertz CT molecular complexity index is 648. The first-order valence-electron chi connectivity index (χ1n) is 6.80. The van der Waals surface area contributed by atoms with Crippen LogP contribution >= 0.6 is 0 Å². The van der Waals surface area contributed by atoms with Crippen LogP contribution in [0.3, 0.4) is 0 Å². The lowest BCUT2D eigenvalue weighted by Crippen LogP contribution is -2.39. The number of carbonyl (C=O) groups excluding carboxylic acids is 1. The SMILES string of the molecule is CC(C)CN(CC(=O)O)C(=O)Cc1noc2ccccc12. The van der Waals surface area contributed by atoms with Gasteiger partial charge in [-0.1, -0.05) is 31.1 Å². The van der Waals surface area contributed by atoms with E-state index in [2.05, 4.69) is 5.16 Å². The van der Waals surface area contributed by atoms with E-state index < -0.39 is 5.97 Å². The molecule has 0 aliphatic heterocycles. The van der Waals surface area contributed by atoms with Gasteiger partial charge in [0.25, 0.3) is 0 Å². The minimum Gasteiger partial charge on any atom is -0.480 e. The van der Waals surface area contributed by atoms with Gasteiger partial charge < -0.3 is 14.5 Å². The Morgan fingerprint density at radius 3 is 2.71 bits per heavy atom. The Hall–Kier alpha value is -2.37. The molecule has 0 saturated heterocycles. The van der Waals surface area contributed by atoms with Crippen LogP contribution in [0.25, 0.3) is 11.0 Å². The number of amides is 1. The highest BCUT2D eigenvalue weighted by Crippen LogP contribution is 2.18. The zero-order chi connectivity index (χ0) is 15.4. The van der Waals surface area contributed by atoms with Crippen molar-refractivity contribution in [2.45, 2.75) is 20.3 Å². The minimum absolute atomic E-state index is 0.0387. The van der Waals surface area contributed by atoms with Gasteiger partial charge in [0.15, 0.2) is 5.58 Å². The van der Waals surface area contributed by atoms with Crippen LogP contribution in [0.2, 0.25) is 0 Å². The van der Waals surface area contributed by atoms with E-state index >= 15 is 0 Å². The molecule has 6 nitrogen and oxygen atoms in total. The Balaban J connectivity index is 2.15. The van der Waals surface area contributed by atoms with Crippen molar-refractivity contribution in [3.8, 4) is 0 Å². The first-order valence-corrected chi connectivity index (χ1v) is 6.80. The van der Waals surface area contributed by atoms with Gasteiger partial charge in [0.05, 0.1) is 6.42 Å². The number of carboxylic acids is 1. The molecule has 1 aromatic heterocycles. The van der Waals surface area contributed by atoms with Crippen LogP contribution in [0.5, 0.6) is 0 Å². The van der Waals surface area contributed by atoms with Crippen molar-refractivity contribution in [1.29, 1.82) is 0 Å². The number of para-hydroxylation sites is 1. The molecule has 0 bridgehead atoms. The summed E-state index contributed by atoms with van der Waals surface area (Å²) in [7, 11) is 0. The summed E-state index contributed by atoms with van der Waals surface area (Å²) in [5.74, 6) is -1.08. The molecule has 0 unspecified atom stereocenters. The number of aliphatic carboxylic acids is 1. The van der Waals surface area contributed by atoms with Gasteiger partial charge in [-0.05, 0) is 18.1 Å². The maximum atomic E-state index is 12.3. The molecule has 0 fully saturated rings. The van der Waals surface area contributed by atoms with Crippen molar-refractivity contribution < 1.29 is 19.2 Å². The second-order valence-corrected chi connectivity index (χ2v) is 5.36. The maximum absolute atomic E-state index is 12.3. The van der Waals surface area contributed by atoms with E-state index in [1.807, 2.05) is 32.0 Å². The summed E-state index contributed by atoms with van der Waals surface area (Å²) < 4.78 is 5.15. The predicted octanol–water partition coefficient (Wildman–Crippen LogP) is 1.94. The topological polar surface area (TPSA) is 83.6 Å². The van der Waals surface area contributed by atoms with Crippen molar-refractivity contribution in [1.82, 2.24) is 10.1 Å². The van der Waals surface area contributed by atoms with Gasteiger partial charge >= 0.3 is 5.97 Å².